The number of carbonyl (C=O) groups excluding carboxylic acids is 1. The van der Waals surface area contributed by atoms with Crippen LogP contribution in [0.15, 0.2) is 48.9 Å². The molecule has 0 heterocycles. The molecule has 8 heteroatoms. The number of phenols is 1. The molecule has 0 aliphatic rings. The number of carbonyl (C=O) groups is 1. The lowest BCUT2D eigenvalue weighted by Gasteiger charge is -2.09. The number of hydrazone groups is 1. The van der Waals surface area contributed by atoms with Gasteiger partial charge in [0.15, 0.2) is 11.5 Å². The zero-order valence-electron chi connectivity index (χ0n) is 11.8. The molecule has 0 atom stereocenters. The zero-order valence-corrected chi connectivity index (χ0v) is 16.6. The Hall–Kier alpha value is -1.38. The molecule has 0 spiro atoms. The lowest BCUT2D eigenvalue weighted by Crippen LogP contribution is -2.17. The molecule has 2 N–H and O–H groups in total. The summed E-state index contributed by atoms with van der Waals surface area (Å²) in [6.45, 7) is 0. The summed E-state index contributed by atoms with van der Waals surface area (Å²) in [4.78, 5) is 12.0. The van der Waals surface area contributed by atoms with Crippen LogP contribution in [-0.4, -0.2) is 24.3 Å². The van der Waals surface area contributed by atoms with Crippen LogP contribution in [0.1, 0.15) is 15.9 Å². The second kappa shape index (κ2) is 7.94. The number of phenolic OH excluding ortho intramolecular Hbond substituents is 1. The van der Waals surface area contributed by atoms with E-state index in [1.165, 1.54) is 13.3 Å². The number of benzene rings is 2. The maximum absolute atomic E-state index is 12.0. The molecule has 5 nitrogen and oxygen atoms in total. The minimum Gasteiger partial charge on any atom is -0.503 e. The molecule has 0 fully saturated rings. The van der Waals surface area contributed by atoms with Gasteiger partial charge >= 0.3 is 0 Å². The maximum atomic E-state index is 12.0. The van der Waals surface area contributed by atoms with Crippen molar-refractivity contribution in [3.8, 4) is 11.5 Å². The molecule has 2 rings (SSSR count). The Morgan fingerprint density at radius 3 is 2.65 bits per heavy atom. The van der Waals surface area contributed by atoms with E-state index in [0.29, 0.717) is 25.8 Å². The second-order valence-corrected chi connectivity index (χ2v) is 6.86. The normalized spacial score (nSPS) is 10.8. The Kier molecular flexibility index (Phi) is 6.20. The molecule has 0 bridgehead atoms. The van der Waals surface area contributed by atoms with Gasteiger partial charge in [-0.1, -0.05) is 22.0 Å². The Bertz CT molecular complexity index is 779. The molecule has 120 valence electrons. The van der Waals surface area contributed by atoms with Crippen molar-refractivity contribution < 1.29 is 14.6 Å². The molecule has 0 unspecified atom stereocenters. The number of hydrogen-bond donors (Lipinski definition) is 2. The summed E-state index contributed by atoms with van der Waals surface area (Å²) in [5, 5.41) is 13.8. The van der Waals surface area contributed by atoms with E-state index < -0.39 is 0 Å². The highest BCUT2D eigenvalue weighted by Gasteiger charge is 2.13. The number of nitrogens with zero attached hydrogens (tertiary/aromatic N) is 1. The topological polar surface area (TPSA) is 70.9 Å². The van der Waals surface area contributed by atoms with E-state index in [4.69, 9.17) is 4.74 Å². The molecular weight excluding hydrogens is 496 g/mol. The third kappa shape index (κ3) is 4.33. The van der Waals surface area contributed by atoms with E-state index in [1.54, 1.807) is 24.3 Å². The maximum Gasteiger partial charge on any atom is 0.271 e. The Balaban J connectivity index is 2.18. The molecule has 0 aliphatic carbocycles. The van der Waals surface area contributed by atoms with Crippen LogP contribution >= 0.6 is 47.8 Å². The van der Waals surface area contributed by atoms with Crippen LogP contribution in [-0.2, 0) is 0 Å². The summed E-state index contributed by atoms with van der Waals surface area (Å²) >= 11 is 9.91. The summed E-state index contributed by atoms with van der Waals surface area (Å²) in [6.07, 6.45) is 1.45. The molecular formula is C15H11Br3N2O3. The summed E-state index contributed by atoms with van der Waals surface area (Å²) in [7, 11) is 1.45. The largest absolute Gasteiger partial charge is 0.503 e. The van der Waals surface area contributed by atoms with Crippen LogP contribution in [0.5, 0.6) is 11.5 Å². The van der Waals surface area contributed by atoms with Crippen molar-refractivity contribution in [2.75, 3.05) is 7.11 Å². The lowest BCUT2D eigenvalue weighted by atomic mass is 10.2. The first-order valence-electron chi connectivity index (χ1n) is 6.28. The molecule has 0 aromatic heterocycles. The number of hydrogen-bond acceptors (Lipinski definition) is 4. The van der Waals surface area contributed by atoms with E-state index in [1.807, 2.05) is 6.07 Å². The van der Waals surface area contributed by atoms with Crippen molar-refractivity contribution in [1.29, 1.82) is 0 Å². The summed E-state index contributed by atoms with van der Waals surface area (Å²) in [5.41, 5.74) is 3.56. The van der Waals surface area contributed by atoms with Gasteiger partial charge in [0.1, 0.15) is 0 Å². The van der Waals surface area contributed by atoms with Gasteiger partial charge in [-0.05, 0) is 56.1 Å². The highest BCUT2D eigenvalue weighted by atomic mass is 79.9. The number of aromatic hydroxyl groups is 1. The van der Waals surface area contributed by atoms with Crippen molar-refractivity contribution in [1.82, 2.24) is 5.43 Å². The molecule has 2 aromatic carbocycles. The molecule has 0 saturated heterocycles. The van der Waals surface area contributed by atoms with Gasteiger partial charge in [-0.3, -0.25) is 4.79 Å². The minimum absolute atomic E-state index is 0.0188. The van der Waals surface area contributed by atoms with Crippen LogP contribution in [0, 0.1) is 0 Å². The fraction of sp³-hybridized carbons (Fsp3) is 0.0667. The van der Waals surface area contributed by atoms with Gasteiger partial charge in [0, 0.05) is 20.1 Å². The molecule has 0 aliphatic heterocycles. The molecule has 2 aromatic rings. The third-order valence-electron chi connectivity index (χ3n) is 2.85. The number of ether oxygens (including phenoxy) is 1. The SMILES string of the molecule is COc1cc(/C=N\NC(=O)c2cccc(Br)c2)c(Br)c(Br)c1O. The van der Waals surface area contributed by atoms with Crippen LogP contribution in [0.4, 0.5) is 0 Å². The number of amides is 1. The number of halogens is 3. The minimum atomic E-state index is -0.330. The van der Waals surface area contributed by atoms with Crippen LogP contribution in [0.2, 0.25) is 0 Å². The fourth-order valence-electron chi connectivity index (χ4n) is 1.72. The second-order valence-electron chi connectivity index (χ2n) is 4.35. The molecule has 1 amide bonds. The summed E-state index contributed by atoms with van der Waals surface area (Å²) < 4.78 is 6.92. The molecule has 0 radical (unpaired) electrons. The van der Waals surface area contributed by atoms with Gasteiger partial charge in [-0.15, -0.1) is 0 Å². The highest BCUT2D eigenvalue weighted by molar-refractivity contribution is 9.13. The quantitative estimate of drug-likeness (QED) is 0.475. The highest BCUT2D eigenvalue weighted by Crippen LogP contribution is 2.41. The van der Waals surface area contributed by atoms with Crippen molar-refractivity contribution in [3.05, 3.63) is 54.9 Å². The average molecular weight is 507 g/mol. The zero-order chi connectivity index (χ0) is 17.0. The van der Waals surface area contributed by atoms with E-state index in [9.17, 15) is 9.90 Å². The van der Waals surface area contributed by atoms with Gasteiger partial charge in [-0.2, -0.15) is 5.10 Å². The van der Waals surface area contributed by atoms with Crippen LogP contribution in [0.25, 0.3) is 0 Å². The number of methoxy groups -OCH3 is 1. The fourth-order valence-corrected chi connectivity index (χ4v) is 2.94. The summed E-state index contributed by atoms with van der Waals surface area (Å²) in [5.74, 6) is -0.0574. The first kappa shape index (κ1) is 18.0. The molecule has 0 saturated carbocycles. The van der Waals surface area contributed by atoms with Crippen molar-refractivity contribution in [2.45, 2.75) is 0 Å². The first-order valence-corrected chi connectivity index (χ1v) is 8.66. The van der Waals surface area contributed by atoms with Crippen LogP contribution in [0.3, 0.4) is 0 Å². The van der Waals surface area contributed by atoms with Crippen LogP contribution < -0.4 is 10.2 Å². The van der Waals surface area contributed by atoms with E-state index >= 15 is 0 Å². The third-order valence-corrected chi connectivity index (χ3v) is 5.50. The van der Waals surface area contributed by atoms with Crippen molar-refractivity contribution >= 4 is 59.9 Å². The predicted octanol–water partition coefficient (Wildman–Crippen LogP) is 4.45. The Labute approximate surface area is 158 Å². The average Bonchev–Trinajstić information content (AvgIpc) is 2.54. The lowest BCUT2D eigenvalue weighted by molar-refractivity contribution is 0.0955. The monoisotopic (exact) mass is 504 g/mol. The summed E-state index contributed by atoms with van der Waals surface area (Å²) in [6, 6.07) is 8.57. The number of rotatable bonds is 4. The molecule has 23 heavy (non-hydrogen) atoms. The van der Waals surface area contributed by atoms with Gasteiger partial charge in [-0.25, -0.2) is 5.43 Å². The first-order chi connectivity index (χ1) is 10.9. The Morgan fingerprint density at radius 1 is 1.26 bits per heavy atom. The number of nitrogens with one attached hydrogen (secondary N) is 1. The standard InChI is InChI=1S/C15H11Br3N2O3/c1-23-11-6-9(12(17)13(18)14(11)21)7-19-20-15(22)8-3-2-4-10(16)5-8/h2-7,21H,1H3,(H,20,22)/b19-7-. The van der Waals surface area contributed by atoms with Crippen molar-refractivity contribution in [2.24, 2.45) is 5.10 Å². The van der Waals surface area contributed by atoms with Gasteiger partial charge in [0.05, 0.1) is 17.8 Å². The van der Waals surface area contributed by atoms with Gasteiger partial charge < -0.3 is 9.84 Å². The van der Waals surface area contributed by atoms with E-state index in [-0.39, 0.29) is 11.7 Å². The Morgan fingerprint density at radius 2 is 2.00 bits per heavy atom. The van der Waals surface area contributed by atoms with E-state index in [0.717, 1.165) is 4.47 Å². The smallest absolute Gasteiger partial charge is 0.271 e. The predicted molar refractivity (Wildman–Crippen MR) is 99.3 cm³/mol. The van der Waals surface area contributed by atoms with E-state index in [2.05, 4.69) is 58.3 Å². The van der Waals surface area contributed by atoms with Crippen molar-refractivity contribution in [3.63, 3.8) is 0 Å². The van der Waals surface area contributed by atoms with Gasteiger partial charge in [0.2, 0.25) is 0 Å². The van der Waals surface area contributed by atoms with Gasteiger partial charge in [0.25, 0.3) is 5.91 Å².